The second kappa shape index (κ2) is 7.24. The van der Waals surface area contributed by atoms with E-state index in [1.165, 1.54) is 50.9 Å². The van der Waals surface area contributed by atoms with Gasteiger partial charge in [0, 0.05) is 6.04 Å². The Hall–Kier alpha value is -1.12. The normalized spacial score (nSPS) is 26.8. The molecule has 1 aliphatic heterocycles. The molecule has 1 aliphatic carbocycles. The minimum Gasteiger partial charge on any atom is -0.317 e. The first-order valence-corrected chi connectivity index (χ1v) is 8.56. The molecule has 21 heavy (non-hydrogen) atoms. The zero-order valence-corrected chi connectivity index (χ0v) is 13.1. The van der Waals surface area contributed by atoms with E-state index in [0.29, 0.717) is 0 Å². The molecule has 2 atom stereocenters. The number of hydrogen-bond acceptors (Lipinski definition) is 2. The SMILES string of the molecule is CC/C(=C\c1ccccc1)[C@@H]1C[C@H]1NCC1CCNCC1. The van der Waals surface area contributed by atoms with E-state index < -0.39 is 0 Å². The fourth-order valence-electron chi connectivity index (χ4n) is 3.47. The molecule has 1 heterocycles. The third kappa shape index (κ3) is 4.18. The Labute approximate surface area is 129 Å². The maximum atomic E-state index is 3.81. The molecule has 0 radical (unpaired) electrons. The number of rotatable bonds is 6. The van der Waals surface area contributed by atoms with Crippen LogP contribution >= 0.6 is 0 Å². The fourth-order valence-corrected chi connectivity index (χ4v) is 3.47. The number of piperidine rings is 1. The largest absolute Gasteiger partial charge is 0.317 e. The van der Waals surface area contributed by atoms with E-state index in [9.17, 15) is 0 Å². The van der Waals surface area contributed by atoms with E-state index >= 15 is 0 Å². The quantitative estimate of drug-likeness (QED) is 0.836. The van der Waals surface area contributed by atoms with Crippen LogP contribution in [0.3, 0.4) is 0 Å². The van der Waals surface area contributed by atoms with Crippen LogP contribution in [0, 0.1) is 11.8 Å². The molecule has 0 bridgehead atoms. The number of nitrogens with one attached hydrogen (secondary N) is 2. The van der Waals surface area contributed by atoms with Crippen molar-refractivity contribution >= 4 is 6.08 Å². The topological polar surface area (TPSA) is 24.1 Å². The van der Waals surface area contributed by atoms with E-state index in [-0.39, 0.29) is 0 Å². The molecule has 1 aromatic rings. The van der Waals surface area contributed by atoms with Crippen molar-refractivity contribution in [3.63, 3.8) is 0 Å². The molecule has 3 rings (SSSR count). The highest BCUT2D eigenvalue weighted by molar-refractivity contribution is 5.54. The van der Waals surface area contributed by atoms with Gasteiger partial charge in [0.25, 0.3) is 0 Å². The van der Waals surface area contributed by atoms with Crippen LogP contribution in [0.1, 0.15) is 38.2 Å². The van der Waals surface area contributed by atoms with E-state index in [4.69, 9.17) is 0 Å². The third-order valence-corrected chi connectivity index (χ3v) is 4.95. The summed E-state index contributed by atoms with van der Waals surface area (Å²) in [5, 5.41) is 7.25. The summed E-state index contributed by atoms with van der Waals surface area (Å²) in [5.41, 5.74) is 2.96. The van der Waals surface area contributed by atoms with E-state index in [1.54, 1.807) is 5.57 Å². The molecule has 114 valence electrons. The maximum Gasteiger partial charge on any atom is 0.0140 e. The van der Waals surface area contributed by atoms with Gasteiger partial charge in [-0.05, 0) is 62.7 Å². The van der Waals surface area contributed by atoms with Gasteiger partial charge in [-0.1, -0.05) is 48.9 Å². The van der Waals surface area contributed by atoms with Crippen LogP contribution in [0.25, 0.3) is 6.08 Å². The highest BCUT2D eigenvalue weighted by atomic mass is 15.0. The van der Waals surface area contributed by atoms with Crippen LogP contribution in [0.2, 0.25) is 0 Å². The van der Waals surface area contributed by atoms with Crippen molar-refractivity contribution in [2.45, 2.75) is 38.6 Å². The van der Waals surface area contributed by atoms with Gasteiger partial charge in [0.1, 0.15) is 0 Å². The summed E-state index contributed by atoms with van der Waals surface area (Å²) in [7, 11) is 0. The van der Waals surface area contributed by atoms with Crippen LogP contribution in [0.5, 0.6) is 0 Å². The zero-order chi connectivity index (χ0) is 14.5. The molecule has 2 N–H and O–H groups in total. The van der Waals surface area contributed by atoms with Crippen molar-refractivity contribution in [2.24, 2.45) is 11.8 Å². The molecule has 0 spiro atoms. The Kier molecular flexibility index (Phi) is 5.10. The van der Waals surface area contributed by atoms with Crippen LogP contribution in [-0.4, -0.2) is 25.7 Å². The summed E-state index contributed by atoms with van der Waals surface area (Å²) >= 11 is 0. The second-order valence-electron chi connectivity index (χ2n) is 6.53. The summed E-state index contributed by atoms with van der Waals surface area (Å²) in [6, 6.07) is 11.5. The molecule has 2 fully saturated rings. The highest BCUT2D eigenvalue weighted by Gasteiger charge is 2.38. The minimum absolute atomic E-state index is 0.731. The second-order valence-corrected chi connectivity index (χ2v) is 6.53. The molecule has 1 saturated heterocycles. The van der Waals surface area contributed by atoms with Crippen molar-refractivity contribution in [1.82, 2.24) is 10.6 Å². The lowest BCUT2D eigenvalue weighted by atomic mass is 9.98. The van der Waals surface area contributed by atoms with Crippen LogP contribution in [0.15, 0.2) is 35.9 Å². The Morgan fingerprint density at radius 3 is 2.71 bits per heavy atom. The highest BCUT2D eigenvalue weighted by Crippen LogP contribution is 2.39. The van der Waals surface area contributed by atoms with Crippen LogP contribution < -0.4 is 10.6 Å². The first-order valence-electron chi connectivity index (χ1n) is 8.56. The first-order chi connectivity index (χ1) is 10.4. The van der Waals surface area contributed by atoms with Gasteiger partial charge in [0.05, 0.1) is 0 Å². The number of hydrogen-bond donors (Lipinski definition) is 2. The van der Waals surface area contributed by atoms with Crippen molar-refractivity contribution in [1.29, 1.82) is 0 Å². The van der Waals surface area contributed by atoms with Gasteiger partial charge in [-0.15, -0.1) is 0 Å². The summed E-state index contributed by atoms with van der Waals surface area (Å²) in [6.45, 7) is 5.91. The molecule has 2 aliphatic rings. The van der Waals surface area contributed by atoms with Gasteiger partial charge in [-0.2, -0.15) is 0 Å². The lowest BCUT2D eigenvalue weighted by Crippen LogP contribution is -2.34. The monoisotopic (exact) mass is 284 g/mol. The average Bonchev–Trinajstić information content (AvgIpc) is 3.32. The van der Waals surface area contributed by atoms with Crippen molar-refractivity contribution in [2.75, 3.05) is 19.6 Å². The molecule has 1 aromatic carbocycles. The minimum atomic E-state index is 0.731. The summed E-state index contributed by atoms with van der Waals surface area (Å²) in [4.78, 5) is 0. The fraction of sp³-hybridized carbons (Fsp3) is 0.579. The summed E-state index contributed by atoms with van der Waals surface area (Å²) in [6.07, 6.45) is 7.58. The van der Waals surface area contributed by atoms with Gasteiger partial charge in [0.15, 0.2) is 0 Å². The predicted molar refractivity (Wildman–Crippen MR) is 90.2 cm³/mol. The Morgan fingerprint density at radius 2 is 2.00 bits per heavy atom. The lowest BCUT2D eigenvalue weighted by molar-refractivity contribution is 0.354. The molecule has 0 amide bonds. The predicted octanol–water partition coefficient (Wildman–Crippen LogP) is 3.46. The zero-order valence-electron chi connectivity index (χ0n) is 13.1. The average molecular weight is 284 g/mol. The molecular formula is C19H28N2. The molecule has 2 nitrogen and oxygen atoms in total. The molecule has 0 unspecified atom stereocenters. The van der Waals surface area contributed by atoms with Crippen LogP contribution in [0.4, 0.5) is 0 Å². The van der Waals surface area contributed by atoms with Crippen molar-refractivity contribution in [3.8, 4) is 0 Å². The Morgan fingerprint density at radius 1 is 1.24 bits per heavy atom. The summed E-state index contributed by atoms with van der Waals surface area (Å²) in [5.74, 6) is 1.66. The van der Waals surface area contributed by atoms with Crippen molar-refractivity contribution in [3.05, 3.63) is 41.5 Å². The van der Waals surface area contributed by atoms with Crippen LogP contribution in [-0.2, 0) is 0 Å². The Bertz CT molecular complexity index is 460. The molecular weight excluding hydrogens is 256 g/mol. The molecule has 1 saturated carbocycles. The van der Waals surface area contributed by atoms with Gasteiger partial charge < -0.3 is 10.6 Å². The first kappa shape index (κ1) is 14.8. The maximum absolute atomic E-state index is 3.81. The van der Waals surface area contributed by atoms with Gasteiger partial charge >= 0.3 is 0 Å². The van der Waals surface area contributed by atoms with E-state index in [1.807, 2.05) is 0 Å². The summed E-state index contributed by atoms with van der Waals surface area (Å²) < 4.78 is 0. The number of benzene rings is 1. The molecule has 0 aromatic heterocycles. The molecule has 2 heteroatoms. The smallest absolute Gasteiger partial charge is 0.0140 e. The third-order valence-electron chi connectivity index (χ3n) is 4.95. The van der Waals surface area contributed by atoms with E-state index in [0.717, 1.165) is 17.9 Å². The standard InChI is InChI=1S/C19H28N2/c1-2-17(12-15-6-4-3-5-7-15)18-13-19(18)21-14-16-8-10-20-11-9-16/h3-7,12,16,18-21H,2,8-11,13-14H2,1H3/b17-12+/t18-,19+/m0/s1. The van der Waals surface area contributed by atoms with Crippen molar-refractivity contribution < 1.29 is 0 Å². The van der Waals surface area contributed by atoms with Gasteiger partial charge in [0.2, 0.25) is 0 Å². The van der Waals surface area contributed by atoms with Gasteiger partial charge in [-0.25, -0.2) is 0 Å². The van der Waals surface area contributed by atoms with Gasteiger partial charge in [-0.3, -0.25) is 0 Å². The lowest BCUT2D eigenvalue weighted by Gasteiger charge is -2.23. The Balaban J connectivity index is 1.49. The van der Waals surface area contributed by atoms with E-state index in [2.05, 4.69) is 54.0 Å².